The van der Waals surface area contributed by atoms with Crippen molar-refractivity contribution in [3.8, 4) is 0 Å². The first-order valence-corrected chi connectivity index (χ1v) is 5.21. The second kappa shape index (κ2) is 4.25. The van der Waals surface area contributed by atoms with E-state index in [1.54, 1.807) is 0 Å². The lowest BCUT2D eigenvalue weighted by molar-refractivity contribution is 0.201. The fourth-order valence-electron chi connectivity index (χ4n) is 1.65. The van der Waals surface area contributed by atoms with Crippen molar-refractivity contribution in [2.24, 2.45) is 5.73 Å². The molecule has 1 aliphatic rings. The normalized spacial score (nSPS) is 24.4. The summed E-state index contributed by atoms with van der Waals surface area (Å²) in [6.07, 6.45) is 3.35. The van der Waals surface area contributed by atoms with Gasteiger partial charge in [-0.15, -0.1) is 0 Å². The maximum Gasteiger partial charge on any atom is 0.0252 e. The molecule has 0 aromatic carbocycles. The van der Waals surface area contributed by atoms with Crippen molar-refractivity contribution in [2.75, 3.05) is 19.6 Å². The largest absolute Gasteiger partial charge is 0.324 e. The zero-order chi connectivity index (χ0) is 9.90. The van der Waals surface area contributed by atoms with Crippen LogP contribution >= 0.6 is 0 Å². The molecule has 0 aromatic rings. The van der Waals surface area contributed by atoms with Crippen molar-refractivity contribution in [2.45, 2.75) is 38.6 Å². The van der Waals surface area contributed by atoms with Crippen LogP contribution < -0.4 is 5.73 Å². The highest BCUT2D eigenvalue weighted by Crippen LogP contribution is 2.16. The number of nitrogens with two attached hydrogens (primary N) is 1. The van der Waals surface area contributed by atoms with Gasteiger partial charge in [-0.2, -0.15) is 0 Å². The Bertz CT molecular complexity index is 175. The Balaban J connectivity index is 2.34. The van der Waals surface area contributed by atoms with Crippen molar-refractivity contribution >= 4 is 0 Å². The maximum absolute atomic E-state index is 6.12. The molecule has 0 aliphatic carbocycles. The quantitative estimate of drug-likeness (QED) is 0.674. The summed E-state index contributed by atoms with van der Waals surface area (Å²) in [5.41, 5.74) is 7.50. The molecule has 1 atom stereocenters. The molecule has 1 heterocycles. The molecule has 1 unspecified atom stereocenters. The molecule has 0 spiro atoms. The van der Waals surface area contributed by atoms with Gasteiger partial charge in [0.2, 0.25) is 0 Å². The Kier molecular flexibility index (Phi) is 3.51. The topological polar surface area (TPSA) is 29.3 Å². The molecule has 0 bridgehead atoms. The number of nitrogens with zero attached hydrogens (tertiary/aromatic N) is 1. The number of rotatable bonds is 3. The molecule has 0 aromatic heterocycles. The van der Waals surface area contributed by atoms with E-state index in [4.69, 9.17) is 5.73 Å². The van der Waals surface area contributed by atoms with E-state index in [1.807, 2.05) is 0 Å². The zero-order valence-electron chi connectivity index (χ0n) is 8.97. The molecule has 1 saturated heterocycles. The SMILES string of the molecule is C=C1CCN(CC(C)(N)CC)CC1. The van der Waals surface area contributed by atoms with Gasteiger partial charge in [-0.1, -0.05) is 19.1 Å². The molecule has 1 rings (SSSR count). The third kappa shape index (κ3) is 3.49. The fourth-order valence-corrected chi connectivity index (χ4v) is 1.65. The van der Waals surface area contributed by atoms with Gasteiger partial charge in [0.05, 0.1) is 0 Å². The lowest BCUT2D eigenvalue weighted by Crippen LogP contribution is -2.48. The van der Waals surface area contributed by atoms with Gasteiger partial charge in [-0.3, -0.25) is 0 Å². The Hall–Kier alpha value is -0.340. The van der Waals surface area contributed by atoms with E-state index in [0.717, 1.165) is 38.9 Å². The molecule has 0 amide bonds. The smallest absolute Gasteiger partial charge is 0.0252 e. The first kappa shape index (κ1) is 10.7. The van der Waals surface area contributed by atoms with Crippen LogP contribution in [-0.2, 0) is 0 Å². The van der Waals surface area contributed by atoms with Gasteiger partial charge in [-0.05, 0) is 26.2 Å². The minimum Gasteiger partial charge on any atom is -0.324 e. The van der Waals surface area contributed by atoms with Gasteiger partial charge in [0.25, 0.3) is 0 Å². The van der Waals surface area contributed by atoms with Gasteiger partial charge in [-0.25, -0.2) is 0 Å². The van der Waals surface area contributed by atoms with Gasteiger partial charge in [0, 0.05) is 25.2 Å². The van der Waals surface area contributed by atoms with Crippen LogP contribution in [0.5, 0.6) is 0 Å². The summed E-state index contributed by atoms with van der Waals surface area (Å²) in [7, 11) is 0. The van der Waals surface area contributed by atoms with Crippen LogP contribution in [0.4, 0.5) is 0 Å². The van der Waals surface area contributed by atoms with Crippen LogP contribution in [-0.4, -0.2) is 30.1 Å². The highest BCUT2D eigenvalue weighted by atomic mass is 15.1. The van der Waals surface area contributed by atoms with Crippen molar-refractivity contribution in [1.82, 2.24) is 4.90 Å². The first-order valence-electron chi connectivity index (χ1n) is 5.21. The van der Waals surface area contributed by atoms with E-state index in [9.17, 15) is 0 Å². The van der Waals surface area contributed by atoms with Crippen LogP contribution in [0.2, 0.25) is 0 Å². The number of piperidine rings is 1. The molecular weight excluding hydrogens is 160 g/mol. The van der Waals surface area contributed by atoms with Crippen molar-refractivity contribution in [1.29, 1.82) is 0 Å². The molecule has 1 aliphatic heterocycles. The number of likely N-dealkylation sites (tertiary alicyclic amines) is 1. The summed E-state index contributed by atoms with van der Waals surface area (Å²) in [4.78, 5) is 2.46. The Labute approximate surface area is 81.8 Å². The van der Waals surface area contributed by atoms with Crippen molar-refractivity contribution in [3.63, 3.8) is 0 Å². The lowest BCUT2D eigenvalue weighted by atomic mass is 9.97. The van der Waals surface area contributed by atoms with Gasteiger partial charge in [0.15, 0.2) is 0 Å². The van der Waals surface area contributed by atoms with Crippen LogP contribution in [0.25, 0.3) is 0 Å². The first-order chi connectivity index (χ1) is 6.03. The summed E-state index contributed by atoms with van der Waals surface area (Å²) in [6, 6.07) is 0. The summed E-state index contributed by atoms with van der Waals surface area (Å²) >= 11 is 0. The monoisotopic (exact) mass is 182 g/mol. The third-order valence-electron chi connectivity index (χ3n) is 2.96. The van der Waals surface area contributed by atoms with E-state index < -0.39 is 0 Å². The minimum absolute atomic E-state index is 0.0152. The van der Waals surface area contributed by atoms with Gasteiger partial charge >= 0.3 is 0 Å². The van der Waals surface area contributed by atoms with Crippen LogP contribution in [0.1, 0.15) is 33.1 Å². The summed E-state index contributed by atoms with van der Waals surface area (Å²) < 4.78 is 0. The standard InChI is InChI=1S/C11H22N2/c1-4-11(3,12)9-13-7-5-10(2)6-8-13/h2,4-9,12H2,1,3H3. The van der Waals surface area contributed by atoms with E-state index >= 15 is 0 Å². The van der Waals surface area contributed by atoms with Crippen molar-refractivity contribution in [3.05, 3.63) is 12.2 Å². The van der Waals surface area contributed by atoms with E-state index in [0.29, 0.717) is 0 Å². The average Bonchev–Trinajstić information content (AvgIpc) is 2.09. The Morgan fingerprint density at radius 2 is 2.00 bits per heavy atom. The zero-order valence-corrected chi connectivity index (χ0v) is 8.97. The molecule has 2 heteroatoms. The second-order valence-electron chi connectivity index (χ2n) is 4.53. The molecular formula is C11H22N2. The van der Waals surface area contributed by atoms with Gasteiger partial charge in [0.1, 0.15) is 0 Å². The van der Waals surface area contributed by atoms with E-state index in [1.165, 1.54) is 5.57 Å². The molecule has 0 saturated carbocycles. The highest BCUT2D eigenvalue weighted by Gasteiger charge is 2.21. The molecule has 2 nitrogen and oxygen atoms in total. The molecule has 0 radical (unpaired) electrons. The Morgan fingerprint density at radius 1 is 1.46 bits per heavy atom. The molecule has 1 fully saturated rings. The average molecular weight is 182 g/mol. The Morgan fingerprint density at radius 3 is 2.46 bits per heavy atom. The molecule has 76 valence electrons. The molecule has 13 heavy (non-hydrogen) atoms. The lowest BCUT2D eigenvalue weighted by Gasteiger charge is -2.34. The van der Waals surface area contributed by atoms with Crippen molar-refractivity contribution < 1.29 is 0 Å². The summed E-state index contributed by atoms with van der Waals surface area (Å²) in [6.45, 7) is 11.6. The third-order valence-corrected chi connectivity index (χ3v) is 2.96. The van der Waals surface area contributed by atoms with E-state index in [-0.39, 0.29) is 5.54 Å². The predicted molar refractivity (Wildman–Crippen MR) is 57.7 cm³/mol. The summed E-state index contributed by atoms with van der Waals surface area (Å²) in [5, 5.41) is 0. The van der Waals surface area contributed by atoms with E-state index in [2.05, 4.69) is 25.3 Å². The fraction of sp³-hybridized carbons (Fsp3) is 0.818. The highest BCUT2D eigenvalue weighted by molar-refractivity contribution is 4.99. The predicted octanol–water partition coefficient (Wildman–Crippen LogP) is 1.77. The molecule has 2 N–H and O–H groups in total. The van der Waals surface area contributed by atoms with Crippen LogP contribution in [0.15, 0.2) is 12.2 Å². The van der Waals surface area contributed by atoms with Crippen LogP contribution in [0.3, 0.4) is 0 Å². The maximum atomic E-state index is 6.12. The number of hydrogen-bond donors (Lipinski definition) is 1. The van der Waals surface area contributed by atoms with Crippen LogP contribution in [0, 0.1) is 0 Å². The minimum atomic E-state index is -0.0152. The van der Waals surface area contributed by atoms with Gasteiger partial charge < -0.3 is 10.6 Å². The second-order valence-corrected chi connectivity index (χ2v) is 4.53. The number of hydrogen-bond acceptors (Lipinski definition) is 2. The summed E-state index contributed by atoms with van der Waals surface area (Å²) in [5.74, 6) is 0.